The summed E-state index contributed by atoms with van der Waals surface area (Å²) in [5.74, 6) is -1.55. The molecule has 21 heavy (non-hydrogen) atoms. The van der Waals surface area contributed by atoms with Crippen molar-refractivity contribution in [3.8, 4) is 0 Å². The van der Waals surface area contributed by atoms with Gasteiger partial charge in [0.15, 0.2) is 11.6 Å². The highest BCUT2D eigenvalue weighted by Crippen LogP contribution is 2.31. The van der Waals surface area contributed by atoms with Crippen LogP contribution in [-0.4, -0.2) is 6.54 Å². The molecule has 0 amide bonds. The Morgan fingerprint density at radius 3 is 2.43 bits per heavy atom. The second-order valence-electron chi connectivity index (χ2n) is 5.04. The quantitative estimate of drug-likeness (QED) is 0.811. The van der Waals surface area contributed by atoms with Crippen LogP contribution in [0, 0.1) is 25.5 Å². The van der Waals surface area contributed by atoms with Gasteiger partial charge in [0.2, 0.25) is 0 Å². The number of nitrogens with one attached hydrogen (secondary N) is 1. The summed E-state index contributed by atoms with van der Waals surface area (Å²) in [6.07, 6.45) is 0. The largest absolute Gasteiger partial charge is 0.306 e. The van der Waals surface area contributed by atoms with Crippen LogP contribution in [0.2, 0.25) is 0 Å². The Hall–Kier alpha value is -1.26. The summed E-state index contributed by atoms with van der Waals surface area (Å²) in [5.41, 5.74) is 2.61. The predicted molar refractivity (Wildman–Crippen MR) is 85.5 cm³/mol. The van der Waals surface area contributed by atoms with Crippen LogP contribution in [-0.2, 0) is 0 Å². The number of halogens is 3. The van der Waals surface area contributed by atoms with E-state index in [1.807, 2.05) is 32.0 Å². The minimum absolute atomic E-state index is 0.317. The predicted octanol–water partition coefficient (Wildman–Crippen LogP) is 5.04. The third kappa shape index (κ3) is 3.16. The van der Waals surface area contributed by atoms with Crippen molar-refractivity contribution in [3.05, 3.63) is 68.7 Å². The van der Waals surface area contributed by atoms with Crippen LogP contribution >= 0.6 is 15.9 Å². The zero-order valence-corrected chi connectivity index (χ0v) is 13.9. The number of hydrogen-bond acceptors (Lipinski definition) is 1. The minimum Gasteiger partial charge on any atom is -0.306 e. The third-order valence-corrected chi connectivity index (χ3v) is 4.50. The Balaban J connectivity index is 2.59. The summed E-state index contributed by atoms with van der Waals surface area (Å²) in [4.78, 5) is 0. The van der Waals surface area contributed by atoms with Crippen molar-refractivity contribution >= 4 is 15.9 Å². The van der Waals surface area contributed by atoms with Gasteiger partial charge < -0.3 is 5.32 Å². The van der Waals surface area contributed by atoms with Gasteiger partial charge in [-0.1, -0.05) is 47.1 Å². The van der Waals surface area contributed by atoms with Gasteiger partial charge in [0.05, 0.1) is 6.04 Å². The number of aryl methyl sites for hydroxylation is 1. The van der Waals surface area contributed by atoms with E-state index in [4.69, 9.17) is 0 Å². The molecule has 1 N–H and O–H groups in total. The van der Waals surface area contributed by atoms with E-state index < -0.39 is 11.6 Å². The van der Waals surface area contributed by atoms with Crippen molar-refractivity contribution in [2.75, 3.05) is 6.54 Å². The van der Waals surface area contributed by atoms with Crippen molar-refractivity contribution in [3.63, 3.8) is 0 Å². The molecule has 0 aliphatic heterocycles. The van der Waals surface area contributed by atoms with E-state index in [0.29, 0.717) is 17.7 Å². The molecule has 0 aliphatic carbocycles. The smallest absolute Gasteiger partial charge is 0.164 e. The molecule has 0 saturated carbocycles. The average molecular weight is 354 g/mol. The lowest BCUT2D eigenvalue weighted by atomic mass is 9.93. The zero-order valence-electron chi connectivity index (χ0n) is 12.3. The van der Waals surface area contributed by atoms with Crippen LogP contribution in [0.1, 0.15) is 35.2 Å². The van der Waals surface area contributed by atoms with E-state index in [0.717, 1.165) is 15.6 Å². The molecule has 0 radical (unpaired) electrons. The fourth-order valence-electron chi connectivity index (χ4n) is 2.41. The third-order valence-electron chi connectivity index (χ3n) is 3.65. The maximum absolute atomic E-state index is 14.3. The molecule has 0 spiro atoms. The zero-order chi connectivity index (χ0) is 15.6. The van der Waals surface area contributed by atoms with E-state index in [1.54, 1.807) is 19.1 Å². The molecule has 112 valence electrons. The van der Waals surface area contributed by atoms with Gasteiger partial charge in [0.25, 0.3) is 0 Å². The van der Waals surface area contributed by atoms with Crippen LogP contribution in [0.4, 0.5) is 8.78 Å². The Bertz CT molecular complexity index is 655. The van der Waals surface area contributed by atoms with Crippen LogP contribution < -0.4 is 5.32 Å². The topological polar surface area (TPSA) is 12.0 Å². The van der Waals surface area contributed by atoms with Crippen molar-refractivity contribution in [2.24, 2.45) is 0 Å². The maximum atomic E-state index is 14.3. The molecule has 0 fully saturated rings. The Morgan fingerprint density at radius 2 is 1.76 bits per heavy atom. The van der Waals surface area contributed by atoms with Gasteiger partial charge in [-0.15, -0.1) is 0 Å². The molecule has 0 bridgehead atoms. The molecular weight excluding hydrogens is 336 g/mol. The molecule has 0 aromatic heterocycles. The SMILES string of the molecule is CCNC(c1cccc(Br)c1C)c1ccc(C)c(F)c1F. The highest BCUT2D eigenvalue weighted by Gasteiger charge is 2.22. The Kier molecular flexibility index (Phi) is 5.12. The van der Waals surface area contributed by atoms with Gasteiger partial charge in [-0.25, -0.2) is 8.78 Å². The first-order chi connectivity index (χ1) is 9.97. The standard InChI is InChI=1S/C17H18BrF2N/c1-4-21-17(12-6-5-7-14(18)11(12)3)13-9-8-10(2)15(19)16(13)20/h5-9,17,21H,4H2,1-3H3. The van der Waals surface area contributed by atoms with Crippen molar-refractivity contribution in [1.82, 2.24) is 5.32 Å². The summed E-state index contributed by atoms with van der Waals surface area (Å²) in [6.45, 7) is 6.13. The summed E-state index contributed by atoms with van der Waals surface area (Å²) in [6, 6.07) is 8.67. The van der Waals surface area contributed by atoms with Crippen molar-refractivity contribution < 1.29 is 8.78 Å². The van der Waals surface area contributed by atoms with Gasteiger partial charge in [-0.2, -0.15) is 0 Å². The molecule has 2 aromatic rings. The highest BCUT2D eigenvalue weighted by molar-refractivity contribution is 9.10. The molecule has 0 saturated heterocycles. The van der Waals surface area contributed by atoms with Crippen molar-refractivity contribution in [1.29, 1.82) is 0 Å². The van der Waals surface area contributed by atoms with Gasteiger partial charge >= 0.3 is 0 Å². The highest BCUT2D eigenvalue weighted by atomic mass is 79.9. The summed E-state index contributed by atoms with van der Waals surface area (Å²) >= 11 is 3.49. The summed E-state index contributed by atoms with van der Waals surface area (Å²) < 4.78 is 29.2. The van der Waals surface area contributed by atoms with Crippen molar-refractivity contribution in [2.45, 2.75) is 26.8 Å². The molecule has 0 heterocycles. The van der Waals surface area contributed by atoms with Gasteiger partial charge in [0.1, 0.15) is 0 Å². The van der Waals surface area contributed by atoms with Crippen LogP contribution in [0.15, 0.2) is 34.8 Å². The summed E-state index contributed by atoms with van der Waals surface area (Å²) in [7, 11) is 0. The second kappa shape index (κ2) is 6.67. The lowest BCUT2D eigenvalue weighted by Gasteiger charge is -2.22. The first-order valence-electron chi connectivity index (χ1n) is 6.90. The van der Waals surface area contributed by atoms with Gasteiger partial charge in [0, 0.05) is 10.0 Å². The molecule has 4 heteroatoms. The molecule has 0 aliphatic rings. The first-order valence-corrected chi connectivity index (χ1v) is 7.69. The average Bonchev–Trinajstić information content (AvgIpc) is 2.46. The number of hydrogen-bond donors (Lipinski definition) is 1. The van der Waals surface area contributed by atoms with E-state index in [1.165, 1.54) is 0 Å². The van der Waals surface area contributed by atoms with Crippen LogP contribution in [0.3, 0.4) is 0 Å². The Morgan fingerprint density at radius 1 is 1.05 bits per heavy atom. The number of benzene rings is 2. The lowest BCUT2D eigenvalue weighted by Crippen LogP contribution is -2.24. The maximum Gasteiger partial charge on any atom is 0.164 e. The molecular formula is C17H18BrF2N. The molecule has 1 unspecified atom stereocenters. The van der Waals surface area contributed by atoms with Gasteiger partial charge in [-0.05, 0) is 43.1 Å². The fraction of sp³-hybridized carbons (Fsp3) is 0.294. The number of rotatable bonds is 4. The van der Waals surface area contributed by atoms with E-state index >= 15 is 0 Å². The van der Waals surface area contributed by atoms with E-state index in [-0.39, 0.29) is 6.04 Å². The van der Waals surface area contributed by atoms with E-state index in [2.05, 4.69) is 21.2 Å². The fourth-order valence-corrected chi connectivity index (χ4v) is 2.79. The molecule has 2 rings (SSSR count). The lowest BCUT2D eigenvalue weighted by molar-refractivity contribution is 0.478. The minimum atomic E-state index is -0.777. The first kappa shape index (κ1) is 16.1. The second-order valence-corrected chi connectivity index (χ2v) is 5.90. The normalized spacial score (nSPS) is 12.5. The van der Waals surface area contributed by atoms with Gasteiger partial charge in [-0.3, -0.25) is 0 Å². The van der Waals surface area contributed by atoms with E-state index in [9.17, 15) is 8.78 Å². The summed E-state index contributed by atoms with van der Waals surface area (Å²) in [5, 5.41) is 3.24. The monoisotopic (exact) mass is 353 g/mol. The van der Waals surface area contributed by atoms with Crippen LogP contribution in [0.25, 0.3) is 0 Å². The molecule has 2 aromatic carbocycles. The van der Waals surface area contributed by atoms with Crippen LogP contribution in [0.5, 0.6) is 0 Å². The molecule has 1 nitrogen and oxygen atoms in total. The Labute approximate surface area is 132 Å². The molecule has 1 atom stereocenters.